The van der Waals surface area contributed by atoms with E-state index in [0.717, 1.165) is 10.5 Å². The lowest BCUT2D eigenvalue weighted by atomic mass is 10.1. The van der Waals surface area contributed by atoms with Crippen molar-refractivity contribution in [1.82, 2.24) is 0 Å². The number of ketones is 1. The van der Waals surface area contributed by atoms with Crippen LogP contribution in [0, 0.1) is 27.2 Å². The number of non-ortho nitro benzene ring substituents is 1. The molecule has 0 radical (unpaired) electrons. The zero-order valence-corrected chi connectivity index (χ0v) is 16.7. The van der Waals surface area contributed by atoms with Gasteiger partial charge in [-0.3, -0.25) is 25.0 Å². The van der Waals surface area contributed by atoms with Crippen molar-refractivity contribution < 1.29 is 14.6 Å². The maximum atomic E-state index is 12.3. The van der Waals surface area contributed by atoms with Gasteiger partial charge in [-0.25, -0.2) is 0 Å². The van der Waals surface area contributed by atoms with Gasteiger partial charge in [0.05, 0.1) is 14.7 Å². The number of nitro benzene ring substituents is 2. The van der Waals surface area contributed by atoms with E-state index in [9.17, 15) is 25.0 Å². The number of nitrogens with zero attached hydrogens (tertiary/aromatic N) is 2. The van der Waals surface area contributed by atoms with E-state index in [0.29, 0.717) is 10.5 Å². The molecule has 0 amide bonds. The topological polar surface area (TPSA) is 103 Å². The number of carbonyl (C=O) groups is 1. The number of aryl methyl sites for hydroxylation is 1. The van der Waals surface area contributed by atoms with Crippen LogP contribution in [0.5, 0.6) is 0 Å². The molecule has 0 unspecified atom stereocenters. The lowest BCUT2D eigenvalue weighted by molar-refractivity contribution is -0.387. The Morgan fingerprint density at radius 3 is 2.33 bits per heavy atom. The van der Waals surface area contributed by atoms with Gasteiger partial charge in [-0.1, -0.05) is 53.7 Å². The zero-order valence-electron chi connectivity index (χ0n) is 15.8. The Hall–Kier alpha value is -3.78. The first-order chi connectivity index (χ1) is 14.3. The van der Waals surface area contributed by atoms with Crippen molar-refractivity contribution in [1.29, 1.82) is 0 Å². The Bertz CT molecular complexity index is 1160. The molecule has 7 nitrogen and oxygen atoms in total. The van der Waals surface area contributed by atoms with Crippen LogP contribution < -0.4 is 0 Å². The summed E-state index contributed by atoms with van der Waals surface area (Å²) in [7, 11) is 0. The molecule has 0 heterocycles. The molecule has 0 saturated heterocycles. The van der Waals surface area contributed by atoms with Crippen LogP contribution in [-0.4, -0.2) is 15.6 Å². The predicted molar refractivity (Wildman–Crippen MR) is 115 cm³/mol. The van der Waals surface area contributed by atoms with Gasteiger partial charge in [0.1, 0.15) is 0 Å². The van der Waals surface area contributed by atoms with E-state index in [1.165, 1.54) is 54.2 Å². The van der Waals surface area contributed by atoms with E-state index in [-0.39, 0.29) is 16.9 Å². The fourth-order valence-corrected chi connectivity index (χ4v) is 3.54. The molecule has 0 aliphatic rings. The molecule has 150 valence electrons. The normalized spacial score (nSPS) is 10.8. The third kappa shape index (κ3) is 5.18. The fourth-order valence-electron chi connectivity index (χ4n) is 2.64. The van der Waals surface area contributed by atoms with Crippen LogP contribution in [0.25, 0.3) is 6.08 Å². The summed E-state index contributed by atoms with van der Waals surface area (Å²) in [5.41, 5.74) is 1.51. The first-order valence-corrected chi connectivity index (χ1v) is 9.65. The van der Waals surface area contributed by atoms with E-state index in [4.69, 9.17) is 0 Å². The smallest absolute Gasteiger partial charge is 0.283 e. The van der Waals surface area contributed by atoms with Crippen molar-refractivity contribution in [2.75, 3.05) is 0 Å². The molecule has 0 N–H and O–H groups in total. The standard InChI is InChI=1S/C22H16N2O5S/c1-15-5-9-19(10-6-15)30-22-12-8-16(13-20(22)24(28)29)7-11-21(25)17-3-2-4-18(14-17)23(26)27/h2-14H,1H3/b11-7+. The lowest BCUT2D eigenvalue weighted by Crippen LogP contribution is -1.96. The number of hydrogen-bond donors (Lipinski definition) is 0. The first-order valence-electron chi connectivity index (χ1n) is 8.83. The van der Waals surface area contributed by atoms with Crippen molar-refractivity contribution in [3.05, 3.63) is 110 Å². The second-order valence-electron chi connectivity index (χ2n) is 6.40. The van der Waals surface area contributed by atoms with Gasteiger partial charge in [-0.05, 0) is 36.8 Å². The SMILES string of the molecule is Cc1ccc(Sc2ccc(/C=C/C(=O)c3cccc([N+](=O)[O-])c3)cc2[N+](=O)[O-])cc1. The van der Waals surface area contributed by atoms with Crippen LogP contribution in [0.1, 0.15) is 21.5 Å². The van der Waals surface area contributed by atoms with Gasteiger partial charge < -0.3 is 0 Å². The maximum Gasteiger partial charge on any atom is 0.283 e. The molecular formula is C22H16N2O5S. The van der Waals surface area contributed by atoms with Crippen molar-refractivity contribution in [3.63, 3.8) is 0 Å². The third-order valence-electron chi connectivity index (χ3n) is 4.20. The highest BCUT2D eigenvalue weighted by molar-refractivity contribution is 7.99. The molecule has 3 rings (SSSR count). The van der Waals surface area contributed by atoms with E-state index < -0.39 is 15.6 Å². The highest BCUT2D eigenvalue weighted by Crippen LogP contribution is 2.35. The minimum Gasteiger partial charge on any atom is -0.289 e. The number of hydrogen-bond acceptors (Lipinski definition) is 6. The molecule has 0 aliphatic carbocycles. The van der Waals surface area contributed by atoms with Crippen molar-refractivity contribution in [2.24, 2.45) is 0 Å². The maximum absolute atomic E-state index is 12.3. The Balaban J connectivity index is 1.82. The van der Waals surface area contributed by atoms with E-state index in [2.05, 4.69) is 0 Å². The predicted octanol–water partition coefficient (Wildman–Crippen LogP) is 5.86. The van der Waals surface area contributed by atoms with Gasteiger partial charge >= 0.3 is 0 Å². The molecule has 0 atom stereocenters. The number of carbonyl (C=O) groups excluding carboxylic acids is 1. The van der Waals surface area contributed by atoms with E-state index in [1.54, 1.807) is 12.1 Å². The van der Waals surface area contributed by atoms with Crippen LogP contribution in [-0.2, 0) is 0 Å². The third-order valence-corrected chi connectivity index (χ3v) is 5.27. The molecule has 0 aliphatic heterocycles. The summed E-state index contributed by atoms with van der Waals surface area (Å²) in [5.74, 6) is -0.431. The second-order valence-corrected chi connectivity index (χ2v) is 7.52. The average Bonchev–Trinajstić information content (AvgIpc) is 2.74. The Morgan fingerprint density at radius 2 is 1.67 bits per heavy atom. The second kappa shape index (κ2) is 9.15. The average molecular weight is 420 g/mol. The first kappa shape index (κ1) is 20.9. The lowest BCUT2D eigenvalue weighted by Gasteiger charge is -2.05. The molecule has 8 heteroatoms. The molecule has 3 aromatic rings. The zero-order chi connectivity index (χ0) is 21.7. The van der Waals surface area contributed by atoms with E-state index in [1.807, 2.05) is 31.2 Å². The summed E-state index contributed by atoms with van der Waals surface area (Å²) in [6.45, 7) is 1.97. The Morgan fingerprint density at radius 1 is 0.933 bits per heavy atom. The summed E-state index contributed by atoms with van der Waals surface area (Å²) >= 11 is 1.29. The van der Waals surface area contributed by atoms with Gasteiger partial charge in [-0.2, -0.15) is 0 Å². The Kier molecular flexibility index (Phi) is 6.38. The van der Waals surface area contributed by atoms with Gasteiger partial charge in [0.15, 0.2) is 5.78 Å². The molecule has 0 saturated carbocycles. The van der Waals surface area contributed by atoms with Crippen LogP contribution in [0.4, 0.5) is 11.4 Å². The highest BCUT2D eigenvalue weighted by atomic mass is 32.2. The highest BCUT2D eigenvalue weighted by Gasteiger charge is 2.16. The quantitative estimate of drug-likeness (QED) is 0.205. The molecule has 0 fully saturated rings. The van der Waals surface area contributed by atoms with Gasteiger partial charge in [0, 0.05) is 28.7 Å². The van der Waals surface area contributed by atoms with Crippen molar-refractivity contribution in [2.45, 2.75) is 16.7 Å². The van der Waals surface area contributed by atoms with E-state index >= 15 is 0 Å². The molecule has 3 aromatic carbocycles. The van der Waals surface area contributed by atoms with Gasteiger partial charge in [0.2, 0.25) is 0 Å². The minimum absolute atomic E-state index is 0.0643. The van der Waals surface area contributed by atoms with Crippen molar-refractivity contribution in [3.8, 4) is 0 Å². The number of benzene rings is 3. The van der Waals surface area contributed by atoms with Gasteiger partial charge in [0.25, 0.3) is 11.4 Å². The molecule has 0 spiro atoms. The van der Waals surface area contributed by atoms with Crippen molar-refractivity contribution >= 4 is 35.0 Å². The summed E-state index contributed by atoms with van der Waals surface area (Å²) < 4.78 is 0. The van der Waals surface area contributed by atoms with Crippen LogP contribution >= 0.6 is 11.8 Å². The molecule has 0 aromatic heterocycles. The summed E-state index contributed by atoms with van der Waals surface area (Å²) in [6, 6.07) is 17.8. The number of nitro groups is 2. The van der Waals surface area contributed by atoms with Gasteiger partial charge in [-0.15, -0.1) is 0 Å². The largest absolute Gasteiger partial charge is 0.289 e. The monoisotopic (exact) mass is 420 g/mol. The summed E-state index contributed by atoms with van der Waals surface area (Å²) in [4.78, 5) is 35.0. The number of allylic oxidation sites excluding steroid dienone is 1. The summed E-state index contributed by atoms with van der Waals surface area (Å²) in [5, 5.41) is 22.4. The van der Waals surface area contributed by atoms with Crippen LogP contribution in [0.2, 0.25) is 0 Å². The molecule has 30 heavy (non-hydrogen) atoms. The Labute approximate surface area is 176 Å². The number of rotatable bonds is 7. The van der Waals surface area contributed by atoms with Crippen LogP contribution in [0.3, 0.4) is 0 Å². The molecule has 0 bridgehead atoms. The minimum atomic E-state index is -0.575. The fraction of sp³-hybridized carbons (Fsp3) is 0.0455. The summed E-state index contributed by atoms with van der Waals surface area (Å²) in [6.07, 6.45) is 2.69. The van der Waals surface area contributed by atoms with Crippen LogP contribution in [0.15, 0.2) is 82.6 Å². The molecular weight excluding hydrogens is 404 g/mol.